The summed E-state index contributed by atoms with van der Waals surface area (Å²) in [6, 6.07) is 3.67. The fraction of sp³-hybridized carbons (Fsp3) is 0.143. The Morgan fingerprint density at radius 1 is 1.38 bits per heavy atom. The molecule has 4 nitrogen and oxygen atoms in total. The highest BCUT2D eigenvalue weighted by atomic mass is 35.5. The molecule has 0 atom stereocenters. The first kappa shape index (κ1) is 10.0. The van der Waals surface area contributed by atoms with Gasteiger partial charge >= 0.3 is 0 Å². The van der Waals surface area contributed by atoms with E-state index in [1.807, 2.05) is 13.0 Å². The van der Waals surface area contributed by atoms with Crippen molar-refractivity contribution in [1.29, 1.82) is 0 Å². The van der Waals surface area contributed by atoms with Gasteiger partial charge in [0.15, 0.2) is 0 Å². The third kappa shape index (κ3) is 3.04. The van der Waals surface area contributed by atoms with Crippen LogP contribution in [0.4, 0.5) is 0 Å². The quantitative estimate of drug-likeness (QED) is 0.445. The summed E-state index contributed by atoms with van der Waals surface area (Å²) >= 11 is 7.18. The van der Waals surface area contributed by atoms with Crippen LogP contribution < -0.4 is 11.5 Å². The smallest absolute Gasteiger partial charge is 0.211 e. The van der Waals surface area contributed by atoms with Crippen LogP contribution in [0.5, 0.6) is 0 Å². The van der Waals surface area contributed by atoms with E-state index in [1.54, 1.807) is 6.07 Å². The molecule has 70 valence electrons. The van der Waals surface area contributed by atoms with E-state index in [-0.39, 0.29) is 5.96 Å². The topological polar surface area (TPSA) is 76.8 Å². The van der Waals surface area contributed by atoms with Gasteiger partial charge in [-0.05, 0) is 19.1 Å². The molecule has 6 heteroatoms. The normalized spacial score (nSPS) is 11.4. The van der Waals surface area contributed by atoms with Crippen LogP contribution in [-0.4, -0.2) is 11.7 Å². The largest absolute Gasteiger partial charge is 0.369 e. The lowest BCUT2D eigenvalue weighted by Crippen LogP contribution is -2.22. The Kier molecular flexibility index (Phi) is 3.27. The lowest BCUT2D eigenvalue weighted by Gasteiger charge is -1.91. The van der Waals surface area contributed by atoms with Gasteiger partial charge in [-0.2, -0.15) is 5.10 Å². The van der Waals surface area contributed by atoms with Gasteiger partial charge < -0.3 is 11.5 Å². The first-order chi connectivity index (χ1) is 6.09. The van der Waals surface area contributed by atoms with Gasteiger partial charge in [0.1, 0.15) is 0 Å². The molecule has 0 aromatic carbocycles. The second kappa shape index (κ2) is 4.25. The molecule has 1 aromatic rings. The van der Waals surface area contributed by atoms with E-state index in [1.165, 1.54) is 11.3 Å². The number of hydrogen-bond donors (Lipinski definition) is 2. The van der Waals surface area contributed by atoms with Crippen molar-refractivity contribution in [2.24, 2.45) is 21.7 Å². The van der Waals surface area contributed by atoms with E-state index < -0.39 is 0 Å². The maximum absolute atomic E-state index is 5.75. The number of guanidine groups is 1. The third-order valence-electron chi connectivity index (χ3n) is 1.25. The highest BCUT2D eigenvalue weighted by molar-refractivity contribution is 7.18. The Morgan fingerprint density at radius 2 is 2.08 bits per heavy atom. The van der Waals surface area contributed by atoms with E-state index in [2.05, 4.69) is 10.2 Å². The molecule has 1 aromatic heterocycles. The number of halogens is 1. The predicted molar refractivity (Wildman–Crippen MR) is 57.3 cm³/mol. The number of nitrogens with zero attached hydrogens (tertiary/aromatic N) is 2. The molecule has 0 unspecified atom stereocenters. The summed E-state index contributed by atoms with van der Waals surface area (Å²) in [6.07, 6.45) is 0. The van der Waals surface area contributed by atoms with Crippen molar-refractivity contribution in [3.63, 3.8) is 0 Å². The molecule has 1 heterocycles. The van der Waals surface area contributed by atoms with E-state index in [4.69, 9.17) is 23.1 Å². The average Bonchev–Trinajstić information content (AvgIpc) is 2.47. The van der Waals surface area contributed by atoms with Crippen molar-refractivity contribution in [1.82, 2.24) is 0 Å². The number of hydrogen-bond acceptors (Lipinski definition) is 3. The molecule has 13 heavy (non-hydrogen) atoms. The van der Waals surface area contributed by atoms with Crippen LogP contribution in [0.25, 0.3) is 0 Å². The van der Waals surface area contributed by atoms with Crippen molar-refractivity contribution < 1.29 is 0 Å². The Hall–Kier alpha value is -1.07. The molecule has 0 aliphatic heterocycles. The maximum atomic E-state index is 5.75. The minimum Gasteiger partial charge on any atom is -0.369 e. The average molecular weight is 217 g/mol. The van der Waals surface area contributed by atoms with E-state index >= 15 is 0 Å². The predicted octanol–water partition coefficient (Wildman–Crippen LogP) is 1.40. The zero-order chi connectivity index (χ0) is 9.84. The summed E-state index contributed by atoms with van der Waals surface area (Å²) in [5.41, 5.74) is 11.0. The molecule has 0 radical (unpaired) electrons. The summed E-state index contributed by atoms with van der Waals surface area (Å²) < 4.78 is 0.717. The molecule has 0 spiro atoms. The standard InChI is InChI=1S/C7H9ClN4S/c1-4(11-12-7(9)10)5-2-3-6(8)13-5/h2-3H,1H3,(H4,9,10,12)/b11-4+. The summed E-state index contributed by atoms with van der Waals surface area (Å²) in [6.45, 7) is 1.81. The Labute approximate surface area is 84.9 Å². The van der Waals surface area contributed by atoms with Crippen molar-refractivity contribution >= 4 is 34.6 Å². The minimum atomic E-state index is -0.0537. The van der Waals surface area contributed by atoms with Crippen LogP contribution in [0.15, 0.2) is 22.3 Å². The minimum absolute atomic E-state index is 0.0537. The van der Waals surface area contributed by atoms with Crippen LogP contribution in [0.3, 0.4) is 0 Å². The third-order valence-corrected chi connectivity index (χ3v) is 2.59. The van der Waals surface area contributed by atoms with Crippen LogP contribution in [0, 0.1) is 0 Å². The zero-order valence-corrected chi connectivity index (χ0v) is 8.56. The summed E-state index contributed by atoms with van der Waals surface area (Å²) in [4.78, 5) is 0.954. The van der Waals surface area contributed by atoms with Crippen LogP contribution in [-0.2, 0) is 0 Å². The van der Waals surface area contributed by atoms with Crippen molar-refractivity contribution in [3.8, 4) is 0 Å². The lowest BCUT2D eigenvalue weighted by atomic mass is 10.3. The molecule has 0 amide bonds. The monoisotopic (exact) mass is 216 g/mol. The van der Waals surface area contributed by atoms with Gasteiger partial charge in [-0.15, -0.1) is 16.4 Å². The zero-order valence-electron chi connectivity index (χ0n) is 6.99. The molecule has 0 saturated heterocycles. The van der Waals surface area contributed by atoms with Crippen molar-refractivity contribution in [2.45, 2.75) is 6.92 Å². The van der Waals surface area contributed by atoms with Crippen LogP contribution in [0.1, 0.15) is 11.8 Å². The van der Waals surface area contributed by atoms with Gasteiger partial charge in [0.05, 0.1) is 14.9 Å². The van der Waals surface area contributed by atoms with Crippen LogP contribution >= 0.6 is 22.9 Å². The summed E-state index contributed by atoms with van der Waals surface area (Å²) in [5, 5.41) is 7.35. The molecule has 0 saturated carbocycles. The second-order valence-electron chi connectivity index (χ2n) is 2.31. The Balaban J connectivity index is 2.85. The SMILES string of the molecule is C/C(=N\N=C(N)N)c1ccc(Cl)s1. The van der Waals surface area contributed by atoms with Crippen molar-refractivity contribution in [2.75, 3.05) is 0 Å². The summed E-state index contributed by atoms with van der Waals surface area (Å²) in [7, 11) is 0. The molecule has 0 bridgehead atoms. The first-order valence-corrected chi connectivity index (χ1v) is 4.68. The Bertz CT molecular complexity index is 351. The fourth-order valence-electron chi connectivity index (χ4n) is 0.691. The van der Waals surface area contributed by atoms with Gasteiger partial charge in [0, 0.05) is 0 Å². The number of nitrogens with two attached hydrogens (primary N) is 2. The van der Waals surface area contributed by atoms with Gasteiger partial charge in [-0.25, -0.2) is 0 Å². The highest BCUT2D eigenvalue weighted by Crippen LogP contribution is 2.21. The van der Waals surface area contributed by atoms with Gasteiger partial charge in [0.2, 0.25) is 5.96 Å². The fourth-order valence-corrected chi connectivity index (χ4v) is 1.67. The molecule has 0 aliphatic rings. The van der Waals surface area contributed by atoms with Crippen LogP contribution in [0.2, 0.25) is 4.34 Å². The first-order valence-electron chi connectivity index (χ1n) is 3.48. The maximum Gasteiger partial charge on any atom is 0.211 e. The summed E-state index contributed by atoms with van der Waals surface area (Å²) in [5.74, 6) is -0.0537. The van der Waals surface area contributed by atoms with E-state index in [0.717, 1.165) is 10.6 Å². The van der Waals surface area contributed by atoms with Crippen molar-refractivity contribution in [3.05, 3.63) is 21.3 Å². The van der Waals surface area contributed by atoms with Gasteiger partial charge in [-0.3, -0.25) is 0 Å². The highest BCUT2D eigenvalue weighted by Gasteiger charge is 2.00. The lowest BCUT2D eigenvalue weighted by molar-refractivity contribution is 1.20. The molecule has 4 N–H and O–H groups in total. The second-order valence-corrected chi connectivity index (χ2v) is 4.03. The molecule has 1 rings (SSSR count). The molecule has 0 aliphatic carbocycles. The molecular formula is C7H9ClN4S. The number of thiophene rings is 1. The number of rotatable bonds is 2. The Morgan fingerprint density at radius 3 is 2.54 bits per heavy atom. The molecular weight excluding hydrogens is 208 g/mol. The molecule has 0 fully saturated rings. The van der Waals surface area contributed by atoms with Gasteiger partial charge in [-0.1, -0.05) is 11.6 Å². The van der Waals surface area contributed by atoms with E-state index in [0.29, 0.717) is 4.34 Å². The van der Waals surface area contributed by atoms with E-state index in [9.17, 15) is 0 Å². The van der Waals surface area contributed by atoms with Gasteiger partial charge in [0.25, 0.3) is 0 Å².